The quantitative estimate of drug-likeness (QED) is 0.858. The number of carbonyl (C=O) groups is 1. The third-order valence-corrected chi connectivity index (χ3v) is 6.69. The van der Waals surface area contributed by atoms with E-state index in [1.54, 1.807) is 21.0 Å². The molecule has 3 N–H and O–H groups in total. The fourth-order valence-electron chi connectivity index (χ4n) is 2.08. The Morgan fingerprint density at radius 3 is 2.48 bits per heavy atom. The summed E-state index contributed by atoms with van der Waals surface area (Å²) in [6.07, 6.45) is 3.17. The maximum absolute atomic E-state index is 12.3. The Morgan fingerprint density at radius 1 is 1.43 bits per heavy atom. The minimum atomic E-state index is -3.48. The number of hydrogen-bond acceptors (Lipinski definition) is 6. The molecule has 1 aliphatic carbocycles. The molecule has 118 valence electrons. The molecule has 2 rings (SSSR count). The molecular weight excluding hydrogens is 310 g/mol. The number of thiophene rings is 1. The van der Waals surface area contributed by atoms with Gasteiger partial charge in [0.15, 0.2) is 9.84 Å². The predicted octanol–water partition coefficient (Wildman–Crippen LogP) is 1.79. The Hall–Kier alpha value is -1.28. The Bertz CT molecular complexity index is 646. The molecule has 1 aliphatic rings. The van der Waals surface area contributed by atoms with E-state index in [0.29, 0.717) is 5.00 Å². The lowest BCUT2D eigenvalue weighted by Crippen LogP contribution is -2.27. The number of nitrogens with one attached hydrogen (secondary N) is 1. The van der Waals surface area contributed by atoms with Crippen LogP contribution in [-0.2, 0) is 9.84 Å². The molecule has 0 spiro atoms. The summed E-state index contributed by atoms with van der Waals surface area (Å²) in [5.74, 6) is -0.310. The number of sulfone groups is 1. The third kappa shape index (κ3) is 3.01. The van der Waals surface area contributed by atoms with Crippen LogP contribution in [0.4, 0.5) is 10.7 Å². The molecule has 0 unspecified atom stereocenters. The summed E-state index contributed by atoms with van der Waals surface area (Å²) in [4.78, 5) is 13.9. The molecule has 1 aromatic heterocycles. The van der Waals surface area contributed by atoms with Gasteiger partial charge in [-0.05, 0) is 19.3 Å². The summed E-state index contributed by atoms with van der Waals surface area (Å²) < 4.78 is 24.6. The highest BCUT2D eigenvalue weighted by Crippen LogP contribution is 2.41. The van der Waals surface area contributed by atoms with Gasteiger partial charge < -0.3 is 16.0 Å². The normalized spacial score (nSPS) is 15.6. The summed E-state index contributed by atoms with van der Waals surface area (Å²) in [6, 6.07) is 0.274. The first-order valence-electron chi connectivity index (χ1n) is 6.91. The molecule has 1 heterocycles. The molecule has 0 bridgehead atoms. The Balaban J connectivity index is 2.51. The summed E-state index contributed by atoms with van der Waals surface area (Å²) in [5, 5.41) is 3.73. The minimum Gasteiger partial charge on any atom is -0.396 e. The van der Waals surface area contributed by atoms with Gasteiger partial charge in [-0.3, -0.25) is 4.79 Å². The lowest BCUT2D eigenvalue weighted by molar-refractivity contribution is 0.0833. The second kappa shape index (κ2) is 5.84. The van der Waals surface area contributed by atoms with Gasteiger partial charge >= 0.3 is 0 Å². The molecule has 0 radical (unpaired) electrons. The Kier molecular flexibility index (Phi) is 4.48. The summed E-state index contributed by atoms with van der Waals surface area (Å²) >= 11 is 1.14. The zero-order valence-corrected chi connectivity index (χ0v) is 14.1. The second-order valence-electron chi connectivity index (χ2n) is 5.38. The maximum atomic E-state index is 12.3. The van der Waals surface area contributed by atoms with Crippen molar-refractivity contribution in [2.75, 3.05) is 30.9 Å². The van der Waals surface area contributed by atoms with Crippen LogP contribution in [0.15, 0.2) is 4.90 Å². The Labute approximate surface area is 129 Å². The van der Waals surface area contributed by atoms with Crippen molar-refractivity contribution in [1.82, 2.24) is 4.90 Å². The zero-order valence-electron chi connectivity index (χ0n) is 12.5. The molecule has 1 saturated carbocycles. The number of carbonyl (C=O) groups excluding carboxylic acids is 1. The summed E-state index contributed by atoms with van der Waals surface area (Å²) in [5.41, 5.74) is 6.06. The van der Waals surface area contributed by atoms with Crippen molar-refractivity contribution >= 4 is 37.8 Å². The number of hydrogen-bond donors (Lipinski definition) is 2. The highest BCUT2D eigenvalue weighted by Gasteiger charge is 2.31. The molecule has 1 amide bonds. The van der Waals surface area contributed by atoms with E-state index >= 15 is 0 Å². The van der Waals surface area contributed by atoms with E-state index in [9.17, 15) is 13.2 Å². The van der Waals surface area contributed by atoms with Crippen LogP contribution in [0.25, 0.3) is 0 Å². The van der Waals surface area contributed by atoms with Crippen LogP contribution in [0.2, 0.25) is 0 Å². The number of nitrogens with two attached hydrogens (primary N) is 1. The van der Waals surface area contributed by atoms with Crippen molar-refractivity contribution < 1.29 is 13.2 Å². The lowest BCUT2D eigenvalue weighted by Gasteiger charge is -2.27. The SMILES string of the molecule is CCS(=O)(=O)c1c(NC2CCC2)sc(C(=O)N(C)C)c1N. The van der Waals surface area contributed by atoms with E-state index in [1.807, 2.05) is 0 Å². The predicted molar refractivity (Wildman–Crippen MR) is 85.7 cm³/mol. The number of anilines is 2. The van der Waals surface area contributed by atoms with Crippen molar-refractivity contribution in [3.8, 4) is 0 Å². The van der Waals surface area contributed by atoms with Gasteiger partial charge in [-0.1, -0.05) is 6.92 Å². The van der Waals surface area contributed by atoms with Crippen molar-refractivity contribution in [2.24, 2.45) is 0 Å². The first kappa shape index (κ1) is 16.1. The van der Waals surface area contributed by atoms with Crippen LogP contribution < -0.4 is 11.1 Å². The minimum absolute atomic E-state index is 0.0388. The second-order valence-corrected chi connectivity index (χ2v) is 8.61. The van der Waals surface area contributed by atoms with Crippen LogP contribution in [-0.4, -0.2) is 45.1 Å². The molecule has 1 aromatic rings. The van der Waals surface area contributed by atoms with E-state index < -0.39 is 9.84 Å². The maximum Gasteiger partial charge on any atom is 0.265 e. The molecule has 0 aliphatic heterocycles. The molecular formula is C13H21N3O3S2. The van der Waals surface area contributed by atoms with Crippen LogP contribution in [0.5, 0.6) is 0 Å². The van der Waals surface area contributed by atoms with Crippen molar-refractivity contribution in [1.29, 1.82) is 0 Å². The molecule has 8 heteroatoms. The van der Waals surface area contributed by atoms with Crippen molar-refractivity contribution in [2.45, 2.75) is 37.1 Å². The van der Waals surface area contributed by atoms with Crippen LogP contribution >= 0.6 is 11.3 Å². The van der Waals surface area contributed by atoms with Crippen molar-refractivity contribution in [3.05, 3.63) is 4.88 Å². The first-order chi connectivity index (χ1) is 9.77. The topological polar surface area (TPSA) is 92.5 Å². The highest BCUT2D eigenvalue weighted by atomic mass is 32.2. The molecule has 0 atom stereocenters. The number of nitrogens with zero attached hydrogens (tertiary/aromatic N) is 1. The fraction of sp³-hybridized carbons (Fsp3) is 0.615. The van der Waals surface area contributed by atoms with Crippen LogP contribution in [0.3, 0.4) is 0 Å². The number of rotatable bonds is 5. The number of nitrogen functional groups attached to an aromatic ring is 1. The summed E-state index contributed by atoms with van der Waals surface area (Å²) in [6.45, 7) is 1.58. The van der Waals surface area contributed by atoms with E-state index in [2.05, 4.69) is 5.32 Å². The standard InChI is InChI=1S/C13H21N3O3S2/c1-4-21(18,19)11-9(14)10(13(17)16(2)3)20-12(11)15-8-6-5-7-8/h8,15H,4-7,14H2,1-3H3. The van der Waals surface area contributed by atoms with E-state index in [1.165, 1.54) is 4.90 Å². The monoisotopic (exact) mass is 331 g/mol. The van der Waals surface area contributed by atoms with Gasteiger partial charge in [-0.2, -0.15) is 0 Å². The van der Waals surface area contributed by atoms with E-state index in [-0.39, 0.29) is 33.2 Å². The average molecular weight is 331 g/mol. The molecule has 21 heavy (non-hydrogen) atoms. The van der Waals surface area contributed by atoms with Gasteiger partial charge in [-0.15, -0.1) is 11.3 Å². The van der Waals surface area contributed by atoms with E-state index in [4.69, 9.17) is 5.73 Å². The smallest absolute Gasteiger partial charge is 0.265 e. The van der Waals surface area contributed by atoms with Gasteiger partial charge in [0.25, 0.3) is 5.91 Å². The number of amides is 1. The molecule has 1 fully saturated rings. The zero-order chi connectivity index (χ0) is 15.8. The van der Waals surface area contributed by atoms with E-state index in [0.717, 1.165) is 30.6 Å². The van der Waals surface area contributed by atoms with Crippen molar-refractivity contribution in [3.63, 3.8) is 0 Å². The van der Waals surface area contributed by atoms with Crippen LogP contribution in [0.1, 0.15) is 35.9 Å². The van der Waals surface area contributed by atoms with Gasteiger partial charge in [-0.25, -0.2) is 8.42 Å². The molecule has 0 aromatic carbocycles. The summed E-state index contributed by atoms with van der Waals surface area (Å²) in [7, 11) is -0.236. The van der Waals surface area contributed by atoms with Gasteiger partial charge in [0.05, 0.1) is 11.4 Å². The van der Waals surface area contributed by atoms with Gasteiger partial charge in [0.1, 0.15) is 14.8 Å². The molecule has 6 nitrogen and oxygen atoms in total. The van der Waals surface area contributed by atoms with Crippen LogP contribution in [0, 0.1) is 0 Å². The fourth-order valence-corrected chi connectivity index (χ4v) is 4.83. The van der Waals surface area contributed by atoms with Gasteiger partial charge in [0, 0.05) is 20.1 Å². The van der Waals surface area contributed by atoms with Gasteiger partial charge in [0.2, 0.25) is 0 Å². The largest absolute Gasteiger partial charge is 0.396 e. The Morgan fingerprint density at radius 2 is 2.05 bits per heavy atom. The highest BCUT2D eigenvalue weighted by molar-refractivity contribution is 7.92. The lowest BCUT2D eigenvalue weighted by atomic mass is 9.93. The first-order valence-corrected chi connectivity index (χ1v) is 9.38. The molecule has 0 saturated heterocycles. The third-order valence-electron chi connectivity index (χ3n) is 3.63. The average Bonchev–Trinajstić information content (AvgIpc) is 2.70.